The first-order valence-corrected chi connectivity index (χ1v) is 10.2. The van der Waals surface area contributed by atoms with E-state index in [-0.39, 0.29) is 16.4 Å². The Morgan fingerprint density at radius 3 is 2.56 bits per heavy atom. The lowest BCUT2D eigenvalue weighted by atomic mass is 10.1. The second kappa shape index (κ2) is 7.59. The molecule has 0 saturated carbocycles. The molecule has 27 heavy (non-hydrogen) atoms. The van der Waals surface area contributed by atoms with E-state index in [0.717, 1.165) is 6.26 Å². The van der Waals surface area contributed by atoms with Crippen LogP contribution >= 0.6 is 23.2 Å². The lowest BCUT2D eigenvalue weighted by Crippen LogP contribution is -2.13. The fourth-order valence-corrected chi connectivity index (χ4v) is 3.28. The van der Waals surface area contributed by atoms with Gasteiger partial charge >= 0.3 is 0 Å². The Bertz CT molecular complexity index is 1110. The highest BCUT2D eigenvalue weighted by Crippen LogP contribution is 2.27. The number of hydrogen-bond donors (Lipinski definition) is 2. The number of anilines is 2. The van der Waals surface area contributed by atoms with Crippen LogP contribution in [0.2, 0.25) is 10.0 Å². The smallest absolute Gasteiger partial charge is 0.277 e. The van der Waals surface area contributed by atoms with Crippen molar-refractivity contribution in [2.75, 3.05) is 16.3 Å². The first-order chi connectivity index (χ1) is 12.7. The predicted octanol–water partition coefficient (Wildman–Crippen LogP) is 4.27. The monoisotopic (exact) mass is 425 g/mol. The summed E-state index contributed by atoms with van der Waals surface area (Å²) in [4.78, 5) is 12.3. The highest BCUT2D eigenvalue weighted by atomic mass is 35.5. The Kier molecular flexibility index (Phi) is 5.41. The van der Waals surface area contributed by atoms with Crippen LogP contribution in [-0.4, -0.2) is 25.7 Å². The van der Waals surface area contributed by atoms with Gasteiger partial charge in [0.1, 0.15) is 0 Å². The molecule has 140 valence electrons. The van der Waals surface area contributed by atoms with Crippen LogP contribution in [0.4, 0.5) is 11.4 Å². The molecule has 3 rings (SSSR count). The van der Waals surface area contributed by atoms with Crippen molar-refractivity contribution in [2.24, 2.45) is 0 Å². The first-order valence-electron chi connectivity index (χ1n) is 7.52. The zero-order valence-corrected chi connectivity index (χ0v) is 16.2. The van der Waals surface area contributed by atoms with Crippen LogP contribution in [0.25, 0.3) is 11.3 Å². The van der Waals surface area contributed by atoms with E-state index in [2.05, 4.69) is 15.2 Å². The lowest BCUT2D eigenvalue weighted by molar-refractivity contribution is 0.101. The van der Waals surface area contributed by atoms with Gasteiger partial charge in [-0.25, -0.2) is 8.42 Å². The zero-order chi connectivity index (χ0) is 19.6. The van der Waals surface area contributed by atoms with Gasteiger partial charge in [0, 0.05) is 22.3 Å². The molecule has 0 aliphatic heterocycles. The number of rotatable bonds is 5. The topological polar surface area (TPSA) is 101 Å². The largest absolute Gasteiger partial charge is 0.355 e. The Balaban J connectivity index is 1.75. The summed E-state index contributed by atoms with van der Waals surface area (Å²) < 4.78 is 30.0. The number of carbonyl (C=O) groups is 1. The maximum atomic E-state index is 12.3. The maximum absolute atomic E-state index is 12.3. The molecule has 0 aliphatic carbocycles. The minimum Gasteiger partial charge on any atom is -0.355 e. The van der Waals surface area contributed by atoms with Gasteiger partial charge in [0.2, 0.25) is 10.0 Å². The molecule has 0 radical (unpaired) electrons. The molecule has 1 heterocycles. The van der Waals surface area contributed by atoms with Crippen LogP contribution in [0, 0.1) is 0 Å². The maximum Gasteiger partial charge on any atom is 0.277 e. The SMILES string of the molecule is CS(=O)(=O)Nc1ccc(NC(=O)c2cc(-c3cccc(Cl)c3)on2)cc1Cl. The van der Waals surface area contributed by atoms with E-state index in [1.54, 1.807) is 24.3 Å². The van der Waals surface area contributed by atoms with E-state index in [0.29, 0.717) is 22.0 Å². The summed E-state index contributed by atoms with van der Waals surface area (Å²) >= 11 is 12.0. The van der Waals surface area contributed by atoms with Crippen LogP contribution in [0.15, 0.2) is 53.1 Å². The normalized spacial score (nSPS) is 11.2. The second-order valence-corrected chi connectivity index (χ2v) is 8.20. The molecular weight excluding hydrogens is 413 g/mol. The standard InChI is InChI=1S/C17H13Cl2N3O4S/c1-27(24,25)22-14-6-5-12(8-13(14)19)20-17(23)15-9-16(26-21-15)10-3-2-4-11(18)7-10/h2-9,22H,1H3,(H,20,23). The van der Waals surface area contributed by atoms with Crippen LogP contribution in [0.5, 0.6) is 0 Å². The van der Waals surface area contributed by atoms with Crippen molar-refractivity contribution in [3.63, 3.8) is 0 Å². The third-order valence-electron chi connectivity index (χ3n) is 3.37. The van der Waals surface area contributed by atoms with Gasteiger partial charge in [-0.05, 0) is 30.3 Å². The summed E-state index contributed by atoms with van der Waals surface area (Å²) in [6.07, 6.45) is 1.01. The van der Waals surface area contributed by atoms with E-state index in [1.165, 1.54) is 24.3 Å². The Hall–Kier alpha value is -2.55. The van der Waals surface area contributed by atoms with Crippen molar-refractivity contribution in [2.45, 2.75) is 0 Å². The van der Waals surface area contributed by atoms with E-state index < -0.39 is 15.9 Å². The molecule has 2 N–H and O–H groups in total. The quantitative estimate of drug-likeness (QED) is 0.635. The van der Waals surface area contributed by atoms with Crippen molar-refractivity contribution in [3.8, 4) is 11.3 Å². The van der Waals surface area contributed by atoms with Crippen LogP contribution in [0.3, 0.4) is 0 Å². The van der Waals surface area contributed by atoms with Gasteiger partial charge in [0.25, 0.3) is 5.91 Å². The molecule has 7 nitrogen and oxygen atoms in total. The van der Waals surface area contributed by atoms with Crippen LogP contribution < -0.4 is 10.0 Å². The highest BCUT2D eigenvalue weighted by molar-refractivity contribution is 7.92. The molecule has 2 aromatic carbocycles. The molecule has 1 aromatic heterocycles. The minimum atomic E-state index is -3.46. The molecule has 0 fully saturated rings. The number of sulfonamides is 1. The molecule has 0 spiro atoms. The third-order valence-corrected chi connectivity index (χ3v) is 4.51. The number of amides is 1. The summed E-state index contributed by atoms with van der Waals surface area (Å²) in [6.45, 7) is 0. The van der Waals surface area contributed by atoms with Gasteiger partial charge in [-0.1, -0.05) is 40.5 Å². The summed E-state index contributed by atoms with van der Waals surface area (Å²) in [5, 5.41) is 7.04. The number of halogens is 2. The second-order valence-electron chi connectivity index (χ2n) is 5.61. The van der Waals surface area contributed by atoms with E-state index in [1.807, 2.05) is 0 Å². The third kappa shape index (κ3) is 5.00. The van der Waals surface area contributed by atoms with E-state index in [4.69, 9.17) is 27.7 Å². The van der Waals surface area contributed by atoms with Crippen molar-refractivity contribution in [1.29, 1.82) is 0 Å². The van der Waals surface area contributed by atoms with Gasteiger partial charge in [-0.2, -0.15) is 0 Å². The minimum absolute atomic E-state index is 0.0689. The van der Waals surface area contributed by atoms with Crippen LogP contribution in [0.1, 0.15) is 10.5 Å². The van der Waals surface area contributed by atoms with Gasteiger partial charge in [-0.15, -0.1) is 0 Å². The van der Waals surface area contributed by atoms with Crippen molar-refractivity contribution >= 4 is 50.5 Å². The fourth-order valence-electron chi connectivity index (χ4n) is 2.23. The van der Waals surface area contributed by atoms with Crippen molar-refractivity contribution in [3.05, 3.63) is 64.3 Å². The van der Waals surface area contributed by atoms with Gasteiger partial charge < -0.3 is 9.84 Å². The molecule has 10 heteroatoms. The Labute approximate surface area is 165 Å². The molecule has 0 bridgehead atoms. The molecule has 0 atom stereocenters. The molecule has 0 saturated heterocycles. The number of benzene rings is 2. The van der Waals surface area contributed by atoms with Crippen molar-refractivity contribution in [1.82, 2.24) is 5.16 Å². The Morgan fingerprint density at radius 2 is 1.89 bits per heavy atom. The van der Waals surface area contributed by atoms with E-state index in [9.17, 15) is 13.2 Å². The molecule has 3 aromatic rings. The summed E-state index contributed by atoms with van der Waals surface area (Å²) in [7, 11) is -3.46. The van der Waals surface area contributed by atoms with E-state index >= 15 is 0 Å². The van der Waals surface area contributed by atoms with Crippen molar-refractivity contribution < 1.29 is 17.7 Å². The molecular formula is C17H13Cl2N3O4S. The average molecular weight is 426 g/mol. The first kappa shape index (κ1) is 19.2. The summed E-state index contributed by atoms with van der Waals surface area (Å²) in [5.41, 5.74) is 1.34. The summed E-state index contributed by atoms with van der Waals surface area (Å²) in [5.74, 6) is -0.111. The molecule has 0 unspecified atom stereocenters. The molecule has 1 amide bonds. The lowest BCUT2D eigenvalue weighted by Gasteiger charge is -2.08. The fraction of sp³-hybridized carbons (Fsp3) is 0.0588. The highest BCUT2D eigenvalue weighted by Gasteiger charge is 2.15. The zero-order valence-electron chi connectivity index (χ0n) is 13.9. The number of nitrogens with one attached hydrogen (secondary N) is 2. The number of carbonyl (C=O) groups excluding carboxylic acids is 1. The summed E-state index contributed by atoms with van der Waals surface area (Å²) in [6, 6.07) is 12.8. The number of nitrogens with zero attached hydrogens (tertiary/aromatic N) is 1. The number of aromatic nitrogens is 1. The number of hydrogen-bond acceptors (Lipinski definition) is 5. The van der Waals surface area contributed by atoms with Gasteiger partial charge in [0.05, 0.1) is 17.0 Å². The van der Waals surface area contributed by atoms with Gasteiger partial charge in [0.15, 0.2) is 11.5 Å². The predicted molar refractivity (Wildman–Crippen MR) is 105 cm³/mol. The van der Waals surface area contributed by atoms with Gasteiger partial charge in [-0.3, -0.25) is 9.52 Å². The van der Waals surface area contributed by atoms with Crippen LogP contribution in [-0.2, 0) is 10.0 Å². The Morgan fingerprint density at radius 1 is 1.11 bits per heavy atom. The molecule has 0 aliphatic rings. The average Bonchev–Trinajstić information content (AvgIpc) is 3.06.